The molecule has 118 valence electrons. The van der Waals surface area contributed by atoms with E-state index in [9.17, 15) is 19.2 Å². The van der Waals surface area contributed by atoms with Crippen LogP contribution < -0.4 is 5.32 Å². The molecule has 3 amide bonds. The van der Waals surface area contributed by atoms with Crippen LogP contribution in [0.4, 0.5) is 4.79 Å². The fourth-order valence-corrected chi connectivity index (χ4v) is 3.27. The van der Waals surface area contributed by atoms with Crippen molar-refractivity contribution in [1.29, 1.82) is 0 Å². The minimum atomic E-state index is -0.631. The van der Waals surface area contributed by atoms with Gasteiger partial charge in [0.05, 0.1) is 10.1 Å². The number of thiophene rings is 1. The Labute approximate surface area is 138 Å². The van der Waals surface area contributed by atoms with Gasteiger partial charge in [0.2, 0.25) is 5.91 Å². The molecule has 0 spiro atoms. The number of carbonyl (C=O) groups excluding carboxylic acids is 4. The number of halogens is 1. The summed E-state index contributed by atoms with van der Waals surface area (Å²) in [6.45, 7) is -0.227. The Morgan fingerprint density at radius 3 is 2.73 bits per heavy atom. The van der Waals surface area contributed by atoms with E-state index in [0.717, 1.165) is 28.0 Å². The van der Waals surface area contributed by atoms with Gasteiger partial charge in [-0.25, -0.2) is 4.79 Å². The summed E-state index contributed by atoms with van der Waals surface area (Å²) >= 11 is 7.68. The summed E-state index contributed by atoms with van der Waals surface area (Å²) in [6, 6.07) is 3.07. The van der Waals surface area contributed by atoms with Gasteiger partial charge in [-0.15, -0.1) is 11.3 Å². The number of nitrogens with zero attached hydrogens (tertiary/aromatic N) is 1. The minimum absolute atomic E-state index is 0.102. The first kappa shape index (κ1) is 16.8. The standard InChI is InChI=1S/C12H11ClN2O5S2/c13-8-2-1-7(22-8)11(18)20-5-9(16)14-3-4-15-10(17)6-21-12(15)19/h1-2H,3-6H2,(H,14,16). The molecule has 22 heavy (non-hydrogen) atoms. The maximum Gasteiger partial charge on any atom is 0.348 e. The van der Waals surface area contributed by atoms with Gasteiger partial charge in [0.15, 0.2) is 6.61 Å². The van der Waals surface area contributed by atoms with E-state index in [2.05, 4.69) is 5.32 Å². The molecule has 1 aliphatic heterocycles. The SMILES string of the molecule is O=C(COC(=O)c1ccc(Cl)s1)NCCN1C(=O)CSC1=O. The molecule has 0 radical (unpaired) electrons. The number of ether oxygens (including phenoxy) is 1. The zero-order chi connectivity index (χ0) is 16.1. The Kier molecular flexibility index (Phi) is 5.81. The number of rotatable bonds is 6. The molecule has 0 aromatic carbocycles. The molecular weight excluding hydrogens is 352 g/mol. The van der Waals surface area contributed by atoms with E-state index in [1.807, 2.05) is 0 Å². The molecule has 0 atom stereocenters. The molecule has 0 aliphatic carbocycles. The first-order valence-corrected chi connectivity index (χ1v) is 8.31. The normalized spacial score (nSPS) is 14.3. The Morgan fingerprint density at radius 2 is 2.14 bits per heavy atom. The lowest BCUT2D eigenvalue weighted by atomic mass is 10.4. The van der Waals surface area contributed by atoms with Crippen LogP contribution in [0.15, 0.2) is 12.1 Å². The van der Waals surface area contributed by atoms with Crippen molar-refractivity contribution in [3.05, 3.63) is 21.3 Å². The lowest BCUT2D eigenvalue weighted by molar-refractivity contribution is -0.126. The lowest BCUT2D eigenvalue weighted by Crippen LogP contribution is -2.38. The topological polar surface area (TPSA) is 92.8 Å². The fraction of sp³-hybridized carbons (Fsp3) is 0.333. The number of carbonyl (C=O) groups is 4. The Bertz CT molecular complexity index is 602. The van der Waals surface area contributed by atoms with Crippen molar-refractivity contribution < 1.29 is 23.9 Å². The van der Waals surface area contributed by atoms with Gasteiger partial charge in [-0.05, 0) is 12.1 Å². The maximum absolute atomic E-state index is 11.6. The summed E-state index contributed by atoms with van der Waals surface area (Å²) in [7, 11) is 0. The van der Waals surface area contributed by atoms with Crippen LogP contribution in [0, 0.1) is 0 Å². The van der Waals surface area contributed by atoms with Crippen LogP contribution in [0.5, 0.6) is 0 Å². The summed E-state index contributed by atoms with van der Waals surface area (Å²) in [4.78, 5) is 47.1. The second-order valence-corrected chi connectivity index (χ2v) is 6.77. The zero-order valence-electron chi connectivity index (χ0n) is 11.2. The average Bonchev–Trinajstić information content (AvgIpc) is 3.05. The number of imide groups is 1. The second-order valence-electron chi connectivity index (χ2n) is 4.13. The number of hydrogen-bond acceptors (Lipinski definition) is 7. The van der Waals surface area contributed by atoms with Crippen LogP contribution in [0.1, 0.15) is 9.67 Å². The molecule has 0 bridgehead atoms. The van der Waals surface area contributed by atoms with Gasteiger partial charge in [0.25, 0.3) is 11.1 Å². The third-order valence-corrected chi connectivity index (χ3v) is 4.68. The number of nitrogens with one attached hydrogen (secondary N) is 1. The van der Waals surface area contributed by atoms with Crippen molar-refractivity contribution in [3.8, 4) is 0 Å². The van der Waals surface area contributed by atoms with E-state index >= 15 is 0 Å². The highest BCUT2D eigenvalue weighted by molar-refractivity contribution is 8.14. The van der Waals surface area contributed by atoms with Gasteiger partial charge in [0.1, 0.15) is 4.88 Å². The van der Waals surface area contributed by atoms with Crippen LogP contribution in [0.3, 0.4) is 0 Å². The second kappa shape index (κ2) is 7.61. The predicted octanol–water partition coefficient (Wildman–Crippen LogP) is 1.37. The maximum atomic E-state index is 11.6. The first-order chi connectivity index (χ1) is 10.5. The molecular formula is C12H11ClN2O5S2. The van der Waals surface area contributed by atoms with E-state index in [-0.39, 0.29) is 30.0 Å². The van der Waals surface area contributed by atoms with Crippen LogP contribution >= 0.6 is 34.7 Å². The Hall–Kier alpha value is -1.58. The molecule has 1 saturated heterocycles. The molecule has 1 aromatic rings. The van der Waals surface area contributed by atoms with E-state index in [1.54, 1.807) is 6.07 Å². The molecule has 1 fully saturated rings. The molecule has 0 saturated carbocycles. The predicted molar refractivity (Wildman–Crippen MR) is 82.2 cm³/mol. The van der Waals surface area contributed by atoms with E-state index in [4.69, 9.17) is 16.3 Å². The zero-order valence-corrected chi connectivity index (χ0v) is 13.6. The number of thioether (sulfide) groups is 1. The Balaban J connectivity index is 1.67. The molecule has 0 unspecified atom stereocenters. The summed E-state index contributed by atoms with van der Waals surface area (Å²) in [5, 5.41) is 2.15. The van der Waals surface area contributed by atoms with Gasteiger partial charge in [-0.2, -0.15) is 0 Å². The molecule has 10 heteroatoms. The van der Waals surface area contributed by atoms with E-state index in [0.29, 0.717) is 9.21 Å². The fourth-order valence-electron chi connectivity index (χ4n) is 1.58. The highest BCUT2D eigenvalue weighted by atomic mass is 35.5. The monoisotopic (exact) mass is 362 g/mol. The molecule has 2 rings (SSSR count). The third-order valence-electron chi connectivity index (χ3n) is 2.61. The first-order valence-electron chi connectivity index (χ1n) is 6.13. The number of hydrogen-bond donors (Lipinski definition) is 1. The highest BCUT2D eigenvalue weighted by Gasteiger charge is 2.29. The van der Waals surface area contributed by atoms with E-state index in [1.165, 1.54) is 6.07 Å². The molecule has 1 aliphatic rings. The van der Waals surface area contributed by atoms with Crippen LogP contribution in [0.2, 0.25) is 4.34 Å². The summed E-state index contributed by atoms with van der Waals surface area (Å²) < 4.78 is 5.27. The lowest BCUT2D eigenvalue weighted by Gasteiger charge is -2.13. The van der Waals surface area contributed by atoms with Gasteiger partial charge in [-0.1, -0.05) is 23.4 Å². The van der Waals surface area contributed by atoms with Crippen molar-refractivity contribution in [3.63, 3.8) is 0 Å². The molecule has 7 nitrogen and oxygen atoms in total. The third kappa shape index (κ3) is 4.46. The van der Waals surface area contributed by atoms with Gasteiger partial charge < -0.3 is 10.1 Å². The minimum Gasteiger partial charge on any atom is -0.451 e. The van der Waals surface area contributed by atoms with Crippen molar-refractivity contribution >= 4 is 57.7 Å². The van der Waals surface area contributed by atoms with Crippen molar-refractivity contribution in [1.82, 2.24) is 10.2 Å². The van der Waals surface area contributed by atoms with Crippen LogP contribution in [-0.4, -0.2) is 53.4 Å². The summed E-state index contributed by atoms with van der Waals surface area (Å²) in [5.74, 6) is -1.28. The van der Waals surface area contributed by atoms with Crippen molar-refractivity contribution in [2.24, 2.45) is 0 Å². The number of amides is 3. The quantitative estimate of drug-likeness (QED) is 0.768. The van der Waals surface area contributed by atoms with Gasteiger partial charge in [-0.3, -0.25) is 19.3 Å². The summed E-state index contributed by atoms with van der Waals surface area (Å²) in [6.07, 6.45) is 0. The van der Waals surface area contributed by atoms with E-state index < -0.39 is 18.5 Å². The molecule has 1 N–H and O–H groups in total. The van der Waals surface area contributed by atoms with Crippen molar-refractivity contribution in [2.75, 3.05) is 25.4 Å². The van der Waals surface area contributed by atoms with Crippen LogP contribution in [0.25, 0.3) is 0 Å². The Morgan fingerprint density at radius 1 is 1.36 bits per heavy atom. The van der Waals surface area contributed by atoms with Gasteiger partial charge >= 0.3 is 5.97 Å². The van der Waals surface area contributed by atoms with Crippen molar-refractivity contribution in [2.45, 2.75) is 0 Å². The van der Waals surface area contributed by atoms with Crippen LogP contribution in [-0.2, 0) is 14.3 Å². The largest absolute Gasteiger partial charge is 0.451 e. The molecule has 2 heterocycles. The smallest absolute Gasteiger partial charge is 0.348 e. The molecule has 1 aromatic heterocycles. The summed E-state index contributed by atoms with van der Waals surface area (Å²) in [5.41, 5.74) is 0. The highest BCUT2D eigenvalue weighted by Crippen LogP contribution is 2.21. The van der Waals surface area contributed by atoms with Gasteiger partial charge in [0, 0.05) is 13.1 Å². The number of esters is 1. The average molecular weight is 363 g/mol.